The predicted octanol–water partition coefficient (Wildman–Crippen LogP) is 2.48. The van der Waals surface area contributed by atoms with Gasteiger partial charge >= 0.3 is 5.97 Å². The van der Waals surface area contributed by atoms with Gasteiger partial charge < -0.3 is 14.9 Å². The molecule has 186 valence electrons. The number of carbonyl (C=O) groups is 1. The molecule has 0 bridgehead atoms. The van der Waals surface area contributed by atoms with Crippen LogP contribution < -0.4 is 10.3 Å². The largest absolute Gasteiger partial charge is 0.481 e. The second-order valence-corrected chi connectivity index (χ2v) is 8.23. The number of ether oxygens (including phenoxy) is 1. The summed E-state index contributed by atoms with van der Waals surface area (Å²) in [6.07, 6.45) is 2.65. The van der Waals surface area contributed by atoms with Gasteiger partial charge in [-0.05, 0) is 49.1 Å². The molecule has 1 aromatic carbocycles. The van der Waals surface area contributed by atoms with Crippen LogP contribution in [0.3, 0.4) is 0 Å². The van der Waals surface area contributed by atoms with Crippen molar-refractivity contribution in [2.75, 3.05) is 7.11 Å². The number of aliphatic carboxylic acids is 1. The lowest BCUT2D eigenvalue weighted by Crippen LogP contribution is -2.32. The van der Waals surface area contributed by atoms with Gasteiger partial charge in [-0.2, -0.15) is 0 Å². The van der Waals surface area contributed by atoms with Gasteiger partial charge in [0.15, 0.2) is 0 Å². The number of hydrogen-bond donors (Lipinski definition) is 2. The van der Waals surface area contributed by atoms with Gasteiger partial charge in [-0.1, -0.05) is 17.3 Å². The normalized spacial score (nSPS) is 12.9. The molecule has 0 fully saturated rings. The number of pyridine rings is 2. The van der Waals surface area contributed by atoms with Crippen molar-refractivity contribution in [3.8, 4) is 17.1 Å². The van der Waals surface area contributed by atoms with Crippen molar-refractivity contribution < 1.29 is 24.1 Å². The average molecular weight is 493 g/mol. The highest BCUT2D eigenvalue weighted by molar-refractivity contribution is 5.77. The number of benzene rings is 1. The van der Waals surface area contributed by atoms with Gasteiger partial charge in [-0.3, -0.25) is 14.6 Å². The zero-order valence-corrected chi connectivity index (χ0v) is 19.4. The zero-order chi connectivity index (χ0) is 25.7. The Morgan fingerprint density at radius 3 is 2.61 bits per heavy atom. The number of carboxylic acid groups (broad SMARTS) is 1. The Labute approximate surface area is 205 Å². The molecule has 2 atom stereocenters. The summed E-state index contributed by atoms with van der Waals surface area (Å²) in [7, 11) is 1.54. The van der Waals surface area contributed by atoms with Crippen LogP contribution in [0.25, 0.3) is 22.2 Å². The SMILES string of the molecule is COc1ccc(-c2ccc(CC[C@@H](O)[C@H](CCn3nnc4cccc(F)c4c3=O)C(=O)O)cn2)cn1. The Balaban J connectivity index is 1.38. The quantitative estimate of drug-likeness (QED) is 0.341. The third-order valence-electron chi connectivity index (χ3n) is 5.93. The molecule has 0 saturated heterocycles. The molecule has 0 aliphatic heterocycles. The van der Waals surface area contributed by atoms with Crippen molar-refractivity contribution in [1.29, 1.82) is 0 Å². The van der Waals surface area contributed by atoms with Crippen molar-refractivity contribution in [3.63, 3.8) is 0 Å². The number of methoxy groups -OCH3 is 1. The molecule has 0 amide bonds. The molecule has 11 heteroatoms. The molecule has 0 aliphatic carbocycles. The lowest BCUT2D eigenvalue weighted by Gasteiger charge is -2.19. The van der Waals surface area contributed by atoms with Crippen LogP contribution in [0, 0.1) is 11.7 Å². The molecule has 36 heavy (non-hydrogen) atoms. The van der Waals surface area contributed by atoms with E-state index in [0.717, 1.165) is 27.6 Å². The number of halogens is 1. The van der Waals surface area contributed by atoms with Gasteiger partial charge in [0.05, 0.1) is 24.8 Å². The predicted molar refractivity (Wildman–Crippen MR) is 128 cm³/mol. The number of aryl methyl sites for hydroxylation is 2. The second-order valence-electron chi connectivity index (χ2n) is 8.23. The summed E-state index contributed by atoms with van der Waals surface area (Å²) in [5.74, 6) is -2.57. The van der Waals surface area contributed by atoms with E-state index in [2.05, 4.69) is 20.3 Å². The smallest absolute Gasteiger partial charge is 0.309 e. The van der Waals surface area contributed by atoms with Gasteiger partial charge in [-0.15, -0.1) is 5.10 Å². The van der Waals surface area contributed by atoms with Crippen LogP contribution in [0.2, 0.25) is 0 Å². The Bertz CT molecular complexity index is 1410. The van der Waals surface area contributed by atoms with Crippen molar-refractivity contribution in [1.82, 2.24) is 25.0 Å². The summed E-state index contributed by atoms with van der Waals surface area (Å²) in [6.45, 7) is -0.129. The molecular formula is C25H24FN5O5. The van der Waals surface area contributed by atoms with Crippen LogP contribution in [0.4, 0.5) is 4.39 Å². The third-order valence-corrected chi connectivity index (χ3v) is 5.93. The van der Waals surface area contributed by atoms with Gasteiger partial charge in [0, 0.05) is 30.6 Å². The zero-order valence-electron chi connectivity index (χ0n) is 19.4. The summed E-state index contributed by atoms with van der Waals surface area (Å²) in [6, 6.07) is 11.3. The van der Waals surface area contributed by atoms with E-state index in [4.69, 9.17) is 4.74 Å². The molecule has 0 aliphatic rings. The van der Waals surface area contributed by atoms with Crippen LogP contribution >= 0.6 is 0 Å². The highest BCUT2D eigenvalue weighted by Crippen LogP contribution is 2.20. The van der Waals surface area contributed by atoms with E-state index in [0.29, 0.717) is 12.3 Å². The number of carboxylic acids is 1. The van der Waals surface area contributed by atoms with E-state index in [1.165, 1.54) is 19.2 Å². The first-order valence-electron chi connectivity index (χ1n) is 11.3. The Morgan fingerprint density at radius 1 is 1.11 bits per heavy atom. The monoisotopic (exact) mass is 493 g/mol. The molecular weight excluding hydrogens is 469 g/mol. The van der Waals surface area contributed by atoms with Crippen LogP contribution in [-0.4, -0.2) is 54.4 Å². The average Bonchev–Trinajstić information content (AvgIpc) is 2.89. The molecule has 0 unspecified atom stereocenters. The third kappa shape index (κ3) is 5.52. The number of fused-ring (bicyclic) bond motifs is 1. The van der Waals surface area contributed by atoms with Crippen molar-refractivity contribution in [2.45, 2.75) is 31.9 Å². The van der Waals surface area contributed by atoms with Gasteiger partial charge in [0.25, 0.3) is 5.56 Å². The van der Waals surface area contributed by atoms with E-state index in [9.17, 15) is 24.2 Å². The lowest BCUT2D eigenvalue weighted by molar-refractivity contribution is -0.146. The summed E-state index contributed by atoms with van der Waals surface area (Å²) in [5.41, 5.74) is 1.79. The summed E-state index contributed by atoms with van der Waals surface area (Å²) >= 11 is 0. The second kappa shape index (κ2) is 11.0. The van der Waals surface area contributed by atoms with Crippen LogP contribution in [-0.2, 0) is 17.8 Å². The van der Waals surface area contributed by atoms with Gasteiger partial charge in [-0.25, -0.2) is 14.1 Å². The maximum Gasteiger partial charge on any atom is 0.309 e. The summed E-state index contributed by atoms with van der Waals surface area (Å²) in [5, 5.41) is 27.6. The number of rotatable bonds is 10. The molecule has 3 aromatic heterocycles. The first-order chi connectivity index (χ1) is 17.4. The number of aliphatic hydroxyl groups excluding tert-OH is 1. The minimum Gasteiger partial charge on any atom is -0.481 e. The Kier molecular flexibility index (Phi) is 7.59. The molecule has 10 nitrogen and oxygen atoms in total. The number of hydrogen-bond acceptors (Lipinski definition) is 8. The van der Waals surface area contributed by atoms with E-state index in [1.807, 2.05) is 18.2 Å². The first kappa shape index (κ1) is 24.9. The van der Waals surface area contributed by atoms with Crippen molar-refractivity contribution >= 4 is 16.9 Å². The molecule has 0 radical (unpaired) electrons. The highest BCUT2D eigenvalue weighted by atomic mass is 19.1. The lowest BCUT2D eigenvalue weighted by atomic mass is 9.93. The highest BCUT2D eigenvalue weighted by Gasteiger charge is 2.27. The molecule has 0 saturated carbocycles. The maximum atomic E-state index is 14.1. The van der Waals surface area contributed by atoms with Gasteiger partial charge in [0.1, 0.15) is 16.7 Å². The van der Waals surface area contributed by atoms with E-state index < -0.39 is 29.4 Å². The minimum absolute atomic E-state index is 0.0767. The van der Waals surface area contributed by atoms with E-state index in [1.54, 1.807) is 18.5 Å². The van der Waals surface area contributed by atoms with Crippen LogP contribution in [0.5, 0.6) is 5.88 Å². The summed E-state index contributed by atoms with van der Waals surface area (Å²) < 4.78 is 20.0. The molecule has 0 spiro atoms. The molecule has 2 N–H and O–H groups in total. The molecule has 4 aromatic rings. The fraction of sp³-hybridized carbons (Fsp3) is 0.280. The minimum atomic E-state index is -1.20. The maximum absolute atomic E-state index is 14.1. The summed E-state index contributed by atoms with van der Waals surface area (Å²) in [4.78, 5) is 32.9. The van der Waals surface area contributed by atoms with Crippen LogP contribution in [0.15, 0.2) is 59.7 Å². The standard InChI is InChI=1S/C25H24FN5O5/c1-36-22-10-7-16(14-28-22)19-8-5-15(13-27-19)6-9-21(32)17(25(34)35)11-12-31-24(33)23-18(26)3-2-4-20(23)29-30-31/h2-5,7-8,10,13-14,17,21,32H,6,9,11-12H2,1H3,(H,34,35)/t17-,21+/m0/s1. The van der Waals surface area contributed by atoms with Crippen molar-refractivity contribution in [2.24, 2.45) is 5.92 Å². The number of aromatic nitrogens is 5. The first-order valence-corrected chi connectivity index (χ1v) is 11.3. The van der Waals surface area contributed by atoms with Crippen molar-refractivity contribution in [3.05, 3.63) is 76.6 Å². The van der Waals surface area contributed by atoms with Gasteiger partial charge in [0.2, 0.25) is 5.88 Å². The molecule has 4 rings (SSSR count). The Morgan fingerprint density at radius 2 is 1.94 bits per heavy atom. The Hall–Kier alpha value is -4.25. The van der Waals surface area contributed by atoms with E-state index in [-0.39, 0.29) is 30.3 Å². The number of aliphatic hydroxyl groups is 1. The number of nitrogens with zero attached hydrogens (tertiary/aromatic N) is 5. The van der Waals surface area contributed by atoms with Crippen LogP contribution in [0.1, 0.15) is 18.4 Å². The van der Waals surface area contributed by atoms with E-state index >= 15 is 0 Å². The fourth-order valence-corrected chi connectivity index (χ4v) is 3.88. The molecule has 3 heterocycles. The topological polar surface area (TPSA) is 140 Å². The fourth-order valence-electron chi connectivity index (χ4n) is 3.88.